The third-order valence-corrected chi connectivity index (χ3v) is 7.50. The molecule has 1 aromatic heterocycles. The number of aliphatic hydroxyl groups excluding tert-OH is 1. The van der Waals surface area contributed by atoms with Crippen LogP contribution in [-0.4, -0.2) is 63.3 Å². The predicted octanol–water partition coefficient (Wildman–Crippen LogP) is 5.46. The lowest BCUT2D eigenvalue weighted by molar-refractivity contribution is -0.146. The molecule has 1 aliphatic rings. The Morgan fingerprint density at radius 3 is 2.68 bits per heavy atom. The predicted molar refractivity (Wildman–Crippen MR) is 145 cm³/mol. The van der Waals surface area contributed by atoms with Crippen molar-refractivity contribution < 1.29 is 19.7 Å². The summed E-state index contributed by atoms with van der Waals surface area (Å²) in [7, 11) is 1.62. The van der Waals surface area contributed by atoms with Crippen molar-refractivity contribution >= 4 is 53.4 Å². The molecule has 6 nitrogen and oxygen atoms in total. The van der Waals surface area contributed by atoms with Crippen molar-refractivity contribution in [1.29, 1.82) is 0 Å². The molecule has 1 aromatic carbocycles. The molecule has 0 bridgehead atoms. The number of likely N-dealkylation sites (tertiary alicyclic amines) is 1. The number of aliphatic hydroxyl groups is 1. The molecule has 2 heterocycles. The van der Waals surface area contributed by atoms with Crippen molar-refractivity contribution in [1.82, 2.24) is 9.88 Å². The summed E-state index contributed by atoms with van der Waals surface area (Å²) in [6.07, 6.45) is 3.13. The Morgan fingerprint density at radius 2 is 2.03 bits per heavy atom. The number of aromatic nitrogens is 1. The normalized spacial score (nSPS) is 19.7. The number of benzene rings is 1. The van der Waals surface area contributed by atoms with E-state index in [2.05, 4.69) is 30.7 Å². The monoisotopic (exact) mass is 532 g/mol. The average molecular weight is 534 g/mol. The van der Waals surface area contributed by atoms with Gasteiger partial charge in [-0.15, -0.1) is 24.8 Å². The first kappa shape index (κ1) is 30.8. The molecule has 0 saturated carbocycles. The number of aliphatic carboxylic acids is 1. The van der Waals surface area contributed by atoms with Gasteiger partial charge in [-0.3, -0.25) is 9.78 Å². The van der Waals surface area contributed by atoms with E-state index < -0.39 is 12.1 Å². The van der Waals surface area contributed by atoms with E-state index in [1.54, 1.807) is 13.3 Å². The molecule has 2 N–H and O–H groups in total. The van der Waals surface area contributed by atoms with Gasteiger partial charge in [0.2, 0.25) is 0 Å². The van der Waals surface area contributed by atoms with Gasteiger partial charge in [0, 0.05) is 35.2 Å². The van der Waals surface area contributed by atoms with E-state index in [-0.39, 0.29) is 41.4 Å². The number of piperidine rings is 1. The van der Waals surface area contributed by atoms with E-state index in [9.17, 15) is 15.0 Å². The Morgan fingerprint density at radius 1 is 1.29 bits per heavy atom. The zero-order valence-corrected chi connectivity index (χ0v) is 22.8. The highest BCUT2D eigenvalue weighted by Crippen LogP contribution is 2.34. The molecule has 1 fully saturated rings. The Bertz CT molecular complexity index is 925. The minimum absolute atomic E-state index is 0. The summed E-state index contributed by atoms with van der Waals surface area (Å²) >= 11 is 1.92. The van der Waals surface area contributed by atoms with Crippen molar-refractivity contribution in [2.45, 2.75) is 50.9 Å². The third-order valence-electron chi connectivity index (χ3n) is 6.25. The summed E-state index contributed by atoms with van der Waals surface area (Å²) in [4.78, 5) is 18.7. The van der Waals surface area contributed by atoms with Crippen LogP contribution in [0.1, 0.15) is 51.7 Å². The maximum absolute atomic E-state index is 12.0. The summed E-state index contributed by atoms with van der Waals surface area (Å²) in [6.45, 7) is 9.05. The van der Waals surface area contributed by atoms with Gasteiger partial charge in [-0.1, -0.05) is 20.8 Å². The number of rotatable bonds is 9. The van der Waals surface area contributed by atoms with Gasteiger partial charge in [-0.2, -0.15) is 11.8 Å². The first-order valence-electron chi connectivity index (χ1n) is 11.4. The van der Waals surface area contributed by atoms with E-state index in [4.69, 9.17) is 4.74 Å². The fourth-order valence-electron chi connectivity index (χ4n) is 4.47. The quantitative estimate of drug-likeness (QED) is 0.443. The molecule has 9 heteroatoms. The van der Waals surface area contributed by atoms with Crippen LogP contribution in [0.3, 0.4) is 0 Å². The van der Waals surface area contributed by atoms with E-state index in [1.165, 1.54) is 0 Å². The minimum Gasteiger partial charge on any atom is -0.497 e. The molecule has 1 aliphatic heterocycles. The summed E-state index contributed by atoms with van der Waals surface area (Å²) in [5, 5.41) is 21.7. The van der Waals surface area contributed by atoms with E-state index in [0.29, 0.717) is 19.4 Å². The summed E-state index contributed by atoms with van der Waals surface area (Å²) < 4.78 is 5.55. The van der Waals surface area contributed by atoms with Gasteiger partial charge < -0.3 is 19.8 Å². The van der Waals surface area contributed by atoms with Gasteiger partial charge in [0.1, 0.15) is 5.75 Å². The highest BCUT2D eigenvalue weighted by molar-refractivity contribution is 8.00. The number of carbonyl (C=O) groups is 1. The van der Waals surface area contributed by atoms with Crippen molar-refractivity contribution in [3.05, 3.63) is 36.0 Å². The van der Waals surface area contributed by atoms with Gasteiger partial charge in [0.25, 0.3) is 0 Å². The molecule has 3 atom stereocenters. The van der Waals surface area contributed by atoms with Crippen LogP contribution in [0.25, 0.3) is 10.9 Å². The molecule has 34 heavy (non-hydrogen) atoms. The SMILES string of the molecule is COc1ccc2nccc(C(O)CC[C@@H]3CCN(CCSC(C)(C)C)C[C@@H]3C(=O)O)c2c1.Cl.Cl. The number of ether oxygens (including phenoxy) is 1. The van der Waals surface area contributed by atoms with Crippen LogP contribution in [0, 0.1) is 11.8 Å². The molecule has 3 rings (SSSR count). The number of halogens is 2. The van der Waals surface area contributed by atoms with Gasteiger partial charge in [-0.05, 0) is 61.6 Å². The molecule has 0 aliphatic carbocycles. The number of fused-ring (bicyclic) bond motifs is 1. The third kappa shape index (κ3) is 8.45. The van der Waals surface area contributed by atoms with Crippen LogP contribution in [0.4, 0.5) is 0 Å². The second-order valence-corrected chi connectivity index (χ2v) is 11.6. The van der Waals surface area contributed by atoms with Gasteiger partial charge in [0.05, 0.1) is 24.6 Å². The first-order valence-corrected chi connectivity index (χ1v) is 12.4. The maximum atomic E-state index is 12.0. The number of carboxylic acids is 1. The van der Waals surface area contributed by atoms with Crippen molar-refractivity contribution in [3.63, 3.8) is 0 Å². The molecular weight excluding hydrogens is 495 g/mol. The Labute approximate surface area is 219 Å². The summed E-state index contributed by atoms with van der Waals surface area (Å²) in [5.41, 5.74) is 1.63. The average Bonchev–Trinajstić information content (AvgIpc) is 2.76. The van der Waals surface area contributed by atoms with Crippen LogP contribution < -0.4 is 4.74 Å². The largest absolute Gasteiger partial charge is 0.497 e. The fourth-order valence-corrected chi connectivity index (χ4v) is 5.43. The molecule has 0 radical (unpaired) electrons. The number of methoxy groups -OCH3 is 1. The Hall–Kier alpha value is -1.25. The number of nitrogens with zero attached hydrogens (tertiary/aromatic N) is 2. The summed E-state index contributed by atoms with van der Waals surface area (Å²) in [6, 6.07) is 7.49. The number of hydrogen-bond donors (Lipinski definition) is 2. The Balaban J connectivity index is 0.00000289. The lowest BCUT2D eigenvalue weighted by Gasteiger charge is -2.37. The number of pyridine rings is 1. The van der Waals surface area contributed by atoms with Gasteiger partial charge >= 0.3 is 5.97 Å². The lowest BCUT2D eigenvalue weighted by atomic mass is 9.81. The highest BCUT2D eigenvalue weighted by Gasteiger charge is 2.34. The molecule has 1 saturated heterocycles. The van der Waals surface area contributed by atoms with Gasteiger partial charge in [-0.25, -0.2) is 0 Å². The van der Waals surface area contributed by atoms with Crippen LogP contribution in [-0.2, 0) is 4.79 Å². The fraction of sp³-hybridized carbons (Fsp3) is 0.600. The van der Waals surface area contributed by atoms with Crippen molar-refractivity contribution in [3.8, 4) is 5.75 Å². The second-order valence-electron chi connectivity index (χ2n) is 9.63. The zero-order valence-electron chi connectivity index (χ0n) is 20.4. The Kier molecular flexibility index (Phi) is 12.4. The number of thioether (sulfide) groups is 1. The minimum atomic E-state index is -0.725. The second kappa shape index (κ2) is 13.7. The zero-order chi connectivity index (χ0) is 23.3. The van der Waals surface area contributed by atoms with Gasteiger partial charge in [0.15, 0.2) is 0 Å². The summed E-state index contributed by atoms with van der Waals surface area (Å²) in [5.74, 6) is 0.706. The number of hydrogen-bond acceptors (Lipinski definition) is 6. The van der Waals surface area contributed by atoms with Crippen molar-refractivity contribution in [2.75, 3.05) is 32.5 Å². The van der Waals surface area contributed by atoms with Crippen LogP contribution in [0.15, 0.2) is 30.5 Å². The highest BCUT2D eigenvalue weighted by atomic mass is 35.5. The molecule has 0 amide bonds. The lowest BCUT2D eigenvalue weighted by Crippen LogP contribution is -2.44. The van der Waals surface area contributed by atoms with Crippen LogP contribution in [0.2, 0.25) is 0 Å². The van der Waals surface area contributed by atoms with Crippen LogP contribution >= 0.6 is 36.6 Å². The molecular formula is C25H38Cl2N2O4S. The smallest absolute Gasteiger partial charge is 0.308 e. The first-order chi connectivity index (χ1) is 15.2. The standard InChI is InChI=1S/C25H36N2O4S.2ClH/c1-25(2,3)32-14-13-27-12-10-17(21(16-27)24(29)30)5-8-23(28)19-9-11-26-22-7-6-18(31-4)15-20(19)22;;/h6-7,9,11,15,17,21,23,28H,5,8,10,12-14,16H2,1-4H3,(H,29,30);2*1H/t17-,21+,23?;;/m1../s1. The van der Waals surface area contributed by atoms with E-state index in [1.807, 2.05) is 36.0 Å². The molecule has 2 aromatic rings. The van der Waals surface area contributed by atoms with E-state index in [0.717, 1.165) is 47.5 Å². The van der Waals surface area contributed by atoms with E-state index >= 15 is 0 Å². The topological polar surface area (TPSA) is 82.9 Å². The maximum Gasteiger partial charge on any atom is 0.308 e. The molecule has 0 spiro atoms. The number of carboxylic acid groups (broad SMARTS) is 1. The molecule has 192 valence electrons. The molecule has 1 unspecified atom stereocenters. The van der Waals surface area contributed by atoms with Crippen molar-refractivity contribution in [2.24, 2.45) is 11.8 Å². The van der Waals surface area contributed by atoms with Crippen LogP contribution in [0.5, 0.6) is 5.75 Å².